The number of rotatable bonds is 17. The van der Waals surface area contributed by atoms with Gasteiger partial charge in [-0.05, 0) is 159 Å². The Balaban J connectivity index is -0.000000164. The van der Waals surface area contributed by atoms with Crippen LogP contribution in [0.3, 0.4) is 0 Å². The van der Waals surface area contributed by atoms with Gasteiger partial charge in [-0.3, -0.25) is 53.9 Å². The van der Waals surface area contributed by atoms with E-state index in [0.717, 1.165) is 51.8 Å². The van der Waals surface area contributed by atoms with Gasteiger partial charge in [0.25, 0.3) is 0 Å². The van der Waals surface area contributed by atoms with Gasteiger partial charge in [0.2, 0.25) is 0 Å². The second kappa shape index (κ2) is 34.0. The molecule has 292 valence electrons. The van der Waals surface area contributed by atoms with Gasteiger partial charge in [0.15, 0.2) is 0 Å². The average Bonchev–Trinajstić information content (AvgIpc) is 2.75. The normalized spacial score (nSPS) is 12.0. The predicted octanol–water partition coefficient (Wildman–Crippen LogP) is 2.51. The third kappa shape index (κ3) is 55.2. The molecule has 0 rings (SSSR count). The van der Waals surface area contributed by atoms with E-state index in [2.05, 4.69) is 234 Å². The summed E-state index contributed by atoms with van der Waals surface area (Å²) in [5.41, 5.74) is 0. The van der Waals surface area contributed by atoms with Crippen molar-refractivity contribution >= 4 is 0 Å². The topological polar surface area (TPSA) is 38.9 Å². The fourth-order valence-electron chi connectivity index (χ4n) is 4.92. The maximum absolute atomic E-state index is 2.38. The highest BCUT2D eigenvalue weighted by molar-refractivity contribution is 4.58. The molecule has 0 aliphatic heterocycles. The van der Waals surface area contributed by atoms with E-state index in [1.165, 1.54) is 6.54 Å². The first-order valence-corrected chi connectivity index (χ1v) is 17.1. The van der Waals surface area contributed by atoms with Crippen LogP contribution in [0.4, 0.5) is 0 Å². The Hall–Kier alpha value is -0.480. The van der Waals surface area contributed by atoms with E-state index >= 15 is 0 Å². The SMILES string of the molecule is CC(C)C.CC(C)CN(C)C.CN(C)C(N(C)C)N(C)C.CN(C)CN(C)CN(C)CN(C)C.CN(C)CN(CN(C)C)CN(C)C. The van der Waals surface area contributed by atoms with Gasteiger partial charge in [0.1, 0.15) is 6.29 Å². The van der Waals surface area contributed by atoms with Crippen molar-refractivity contribution < 1.29 is 0 Å². The third-order valence-electron chi connectivity index (χ3n) is 5.10. The Morgan fingerprint density at radius 1 is 0.319 bits per heavy atom. The monoisotopic (exact) mass is 681 g/mol. The van der Waals surface area contributed by atoms with Crippen molar-refractivity contribution in [2.75, 3.05) is 188 Å². The van der Waals surface area contributed by atoms with E-state index in [4.69, 9.17) is 0 Å². The Kier molecular flexibility index (Phi) is 40.4. The molecular formula is C35H92N12. The van der Waals surface area contributed by atoms with E-state index < -0.39 is 0 Å². The van der Waals surface area contributed by atoms with Crippen molar-refractivity contribution in [3.05, 3.63) is 0 Å². The quantitative estimate of drug-likeness (QED) is 0.212. The van der Waals surface area contributed by atoms with Gasteiger partial charge in [-0.25, -0.2) is 0 Å². The minimum atomic E-state index is 0.389. The zero-order chi connectivity index (χ0) is 38.6. The minimum Gasteiger partial charge on any atom is -0.309 e. The summed E-state index contributed by atoms with van der Waals surface area (Å²) in [5, 5.41) is 0. The number of hydrogen-bond acceptors (Lipinski definition) is 12. The lowest BCUT2D eigenvalue weighted by Gasteiger charge is -2.35. The third-order valence-corrected chi connectivity index (χ3v) is 5.10. The molecule has 0 spiro atoms. The van der Waals surface area contributed by atoms with Crippen LogP contribution in [-0.2, 0) is 0 Å². The molecule has 0 unspecified atom stereocenters. The fourth-order valence-corrected chi connectivity index (χ4v) is 4.92. The first-order chi connectivity index (χ1) is 21.1. The molecule has 0 fully saturated rings. The van der Waals surface area contributed by atoms with Crippen LogP contribution in [0.5, 0.6) is 0 Å². The molecule has 0 amide bonds. The number of hydrogen-bond donors (Lipinski definition) is 0. The van der Waals surface area contributed by atoms with Crippen LogP contribution >= 0.6 is 0 Å². The highest BCUT2D eigenvalue weighted by Gasteiger charge is 2.14. The summed E-state index contributed by atoms with van der Waals surface area (Å²) in [6.07, 6.45) is 0.389. The largest absolute Gasteiger partial charge is 0.309 e. The lowest BCUT2D eigenvalue weighted by atomic mass is 10.2. The first-order valence-electron chi connectivity index (χ1n) is 17.1. The molecule has 0 radical (unpaired) electrons. The van der Waals surface area contributed by atoms with Crippen LogP contribution in [-0.4, -0.2) is 253 Å². The molecule has 0 atom stereocenters. The van der Waals surface area contributed by atoms with Crippen LogP contribution in [0.1, 0.15) is 34.6 Å². The molecule has 0 aromatic heterocycles. The molecular weight excluding hydrogens is 588 g/mol. The van der Waals surface area contributed by atoms with Gasteiger partial charge in [0.05, 0.1) is 40.0 Å². The standard InChI is InChI=1S/2C9H24N4.C7H19N3.C6H15N.C4H10/c1-10(2)7-12(5)9-13(6)8-11(3)4;1-10(2)7-13(8-11(3)4)9-12(5)6;1-8(2)7(9(3)4)10(5)6;1-6(2)5-7(3)4;1-4(2)3/h2*7-9H2,1-6H3;7H,1-6H3;6H,5H2,1-4H3;4H,1-3H3. The molecule has 12 heteroatoms. The molecule has 12 nitrogen and oxygen atoms in total. The first kappa shape index (κ1) is 55.9. The van der Waals surface area contributed by atoms with Crippen molar-refractivity contribution in [2.24, 2.45) is 11.8 Å². The zero-order valence-corrected chi connectivity index (χ0v) is 37.0. The smallest absolute Gasteiger partial charge is 0.118 e. The van der Waals surface area contributed by atoms with Gasteiger partial charge < -0.3 is 4.90 Å². The van der Waals surface area contributed by atoms with Crippen molar-refractivity contribution in [1.29, 1.82) is 0 Å². The molecule has 0 aliphatic carbocycles. The van der Waals surface area contributed by atoms with Crippen LogP contribution in [0.15, 0.2) is 0 Å². The highest BCUT2D eigenvalue weighted by Crippen LogP contribution is 1.98. The van der Waals surface area contributed by atoms with E-state index in [1.807, 2.05) is 0 Å². The maximum Gasteiger partial charge on any atom is 0.118 e. The van der Waals surface area contributed by atoms with Crippen molar-refractivity contribution in [3.8, 4) is 0 Å². The minimum absolute atomic E-state index is 0.389. The van der Waals surface area contributed by atoms with Crippen LogP contribution in [0, 0.1) is 11.8 Å². The van der Waals surface area contributed by atoms with Gasteiger partial charge in [-0.2, -0.15) is 0 Å². The molecule has 0 aliphatic rings. The highest BCUT2D eigenvalue weighted by atomic mass is 15.5. The summed E-state index contributed by atoms with van der Waals surface area (Å²) < 4.78 is 0. The summed E-state index contributed by atoms with van der Waals surface area (Å²) >= 11 is 0. The predicted molar refractivity (Wildman–Crippen MR) is 214 cm³/mol. The van der Waals surface area contributed by atoms with E-state index in [-0.39, 0.29) is 0 Å². The summed E-state index contributed by atoms with van der Waals surface area (Å²) in [7, 11) is 41.8. The van der Waals surface area contributed by atoms with Gasteiger partial charge in [0, 0.05) is 0 Å². The molecule has 0 saturated carbocycles. The summed E-state index contributed by atoms with van der Waals surface area (Å²) in [6.45, 7) is 18.1. The van der Waals surface area contributed by atoms with Crippen LogP contribution in [0.2, 0.25) is 0 Å². The van der Waals surface area contributed by atoms with Gasteiger partial charge in [-0.15, -0.1) is 0 Å². The molecule has 0 bridgehead atoms. The number of nitrogens with zero attached hydrogens (tertiary/aromatic N) is 12. The van der Waals surface area contributed by atoms with Crippen molar-refractivity contribution in [3.63, 3.8) is 0 Å². The maximum atomic E-state index is 2.38. The Morgan fingerprint density at radius 3 is 0.660 bits per heavy atom. The second-order valence-corrected chi connectivity index (χ2v) is 16.3. The van der Waals surface area contributed by atoms with Crippen molar-refractivity contribution in [1.82, 2.24) is 58.8 Å². The Morgan fingerprint density at radius 2 is 0.553 bits per heavy atom. The zero-order valence-electron chi connectivity index (χ0n) is 37.0. The Labute approximate surface area is 298 Å². The van der Waals surface area contributed by atoms with Crippen LogP contribution in [0.25, 0.3) is 0 Å². The lowest BCUT2D eigenvalue weighted by Crippen LogP contribution is -2.50. The van der Waals surface area contributed by atoms with Crippen LogP contribution < -0.4 is 0 Å². The molecule has 0 aromatic carbocycles. The van der Waals surface area contributed by atoms with E-state index in [0.29, 0.717) is 6.29 Å². The van der Waals surface area contributed by atoms with Gasteiger partial charge >= 0.3 is 0 Å². The average molecular weight is 681 g/mol. The molecule has 47 heavy (non-hydrogen) atoms. The summed E-state index contributed by atoms with van der Waals surface area (Å²) in [5.74, 6) is 1.63. The lowest BCUT2D eigenvalue weighted by molar-refractivity contribution is 0.00961. The van der Waals surface area contributed by atoms with E-state index in [9.17, 15) is 0 Å². The summed E-state index contributed by atoms with van der Waals surface area (Å²) in [6, 6.07) is 0. The molecule has 0 heterocycles. The molecule has 0 aromatic rings. The van der Waals surface area contributed by atoms with Crippen molar-refractivity contribution in [2.45, 2.75) is 40.9 Å². The van der Waals surface area contributed by atoms with E-state index in [1.54, 1.807) is 0 Å². The second-order valence-electron chi connectivity index (χ2n) is 16.3. The van der Waals surface area contributed by atoms with Gasteiger partial charge in [-0.1, -0.05) is 34.6 Å². The summed E-state index contributed by atoms with van der Waals surface area (Å²) in [4.78, 5) is 26.5. The molecule has 0 N–H and O–H groups in total. The molecule has 0 saturated heterocycles. The fraction of sp³-hybridized carbons (Fsp3) is 1.00. The Bertz CT molecular complexity index is 544.